The normalized spacial score (nSPS) is 14.6. The fourth-order valence-corrected chi connectivity index (χ4v) is 4.17. The summed E-state index contributed by atoms with van der Waals surface area (Å²) in [5, 5.41) is 7.48. The van der Waals surface area contributed by atoms with Crippen molar-refractivity contribution < 1.29 is 14.3 Å². The number of likely N-dealkylation sites (tertiary alicyclic amines) is 1. The zero-order chi connectivity index (χ0) is 24.3. The minimum absolute atomic E-state index is 0.0613. The van der Waals surface area contributed by atoms with Crippen LogP contribution in [0.5, 0.6) is 0 Å². The number of piperidine rings is 1. The van der Waals surface area contributed by atoms with Crippen molar-refractivity contribution in [3.63, 3.8) is 0 Å². The second kappa shape index (κ2) is 9.67. The molecule has 8 heteroatoms. The van der Waals surface area contributed by atoms with Crippen molar-refractivity contribution in [2.45, 2.75) is 52.1 Å². The number of rotatable bonds is 4. The van der Waals surface area contributed by atoms with Crippen LogP contribution < -0.4 is 5.32 Å². The van der Waals surface area contributed by atoms with E-state index < -0.39 is 5.60 Å². The molecule has 2 aromatic heterocycles. The third-order valence-electron chi connectivity index (χ3n) is 5.74. The van der Waals surface area contributed by atoms with Crippen molar-refractivity contribution in [3.05, 3.63) is 71.7 Å². The lowest BCUT2D eigenvalue weighted by atomic mass is 9.90. The monoisotopic (exact) mass is 461 g/mol. The molecule has 8 nitrogen and oxygen atoms in total. The molecule has 0 radical (unpaired) electrons. The number of nitrogens with one attached hydrogen (secondary N) is 1. The molecule has 0 saturated carbocycles. The Hall–Kier alpha value is -3.68. The molecule has 0 aliphatic carbocycles. The first-order chi connectivity index (χ1) is 16.2. The van der Waals surface area contributed by atoms with Gasteiger partial charge in [-0.1, -0.05) is 18.2 Å². The van der Waals surface area contributed by atoms with Crippen LogP contribution in [0.1, 0.15) is 61.1 Å². The third kappa shape index (κ3) is 5.44. The number of aromatic nitrogens is 3. The van der Waals surface area contributed by atoms with E-state index in [2.05, 4.69) is 15.4 Å². The number of hydrogen-bond donors (Lipinski definition) is 1. The molecule has 34 heavy (non-hydrogen) atoms. The van der Waals surface area contributed by atoms with Gasteiger partial charge in [0, 0.05) is 25.2 Å². The Balaban J connectivity index is 1.61. The Morgan fingerprint density at radius 1 is 1.09 bits per heavy atom. The average molecular weight is 462 g/mol. The maximum absolute atomic E-state index is 13.2. The molecule has 1 aromatic carbocycles. The van der Waals surface area contributed by atoms with Gasteiger partial charge in [0.05, 0.1) is 23.1 Å². The van der Waals surface area contributed by atoms with Gasteiger partial charge >= 0.3 is 6.09 Å². The van der Waals surface area contributed by atoms with Crippen LogP contribution in [-0.2, 0) is 4.74 Å². The Morgan fingerprint density at radius 2 is 1.85 bits per heavy atom. The highest BCUT2D eigenvalue weighted by atomic mass is 16.6. The first-order valence-corrected chi connectivity index (χ1v) is 11.6. The fraction of sp³-hybridized carbons (Fsp3) is 0.385. The highest BCUT2D eigenvalue weighted by molar-refractivity contribution is 6.04. The van der Waals surface area contributed by atoms with Crippen molar-refractivity contribution >= 4 is 17.8 Å². The van der Waals surface area contributed by atoms with Crippen molar-refractivity contribution in [2.75, 3.05) is 18.4 Å². The Morgan fingerprint density at radius 3 is 2.50 bits per heavy atom. The summed E-state index contributed by atoms with van der Waals surface area (Å²) < 4.78 is 7.39. The van der Waals surface area contributed by atoms with Gasteiger partial charge in [-0.25, -0.2) is 14.5 Å². The molecule has 178 valence electrons. The van der Waals surface area contributed by atoms with E-state index in [-0.39, 0.29) is 17.9 Å². The molecule has 1 aliphatic heterocycles. The third-order valence-corrected chi connectivity index (χ3v) is 5.74. The number of ether oxygens (including phenoxy) is 1. The van der Waals surface area contributed by atoms with Crippen LogP contribution in [-0.4, -0.2) is 50.4 Å². The second-order valence-electron chi connectivity index (χ2n) is 9.61. The molecular weight excluding hydrogens is 430 g/mol. The van der Waals surface area contributed by atoms with Crippen LogP contribution in [0, 0.1) is 6.92 Å². The van der Waals surface area contributed by atoms with Gasteiger partial charge in [0.15, 0.2) is 0 Å². The predicted molar refractivity (Wildman–Crippen MR) is 130 cm³/mol. The van der Waals surface area contributed by atoms with Crippen molar-refractivity contribution in [1.82, 2.24) is 19.7 Å². The van der Waals surface area contributed by atoms with E-state index in [1.54, 1.807) is 29.4 Å². The van der Waals surface area contributed by atoms with E-state index >= 15 is 0 Å². The van der Waals surface area contributed by atoms with Gasteiger partial charge in [-0.2, -0.15) is 5.10 Å². The quantitative estimate of drug-likeness (QED) is 0.594. The van der Waals surface area contributed by atoms with Gasteiger partial charge in [-0.15, -0.1) is 0 Å². The van der Waals surface area contributed by atoms with E-state index in [1.807, 2.05) is 62.7 Å². The molecule has 0 spiro atoms. The molecule has 0 unspecified atom stereocenters. The number of amides is 2. The van der Waals surface area contributed by atoms with Gasteiger partial charge in [0.25, 0.3) is 5.91 Å². The Bertz CT molecular complexity index is 1160. The second-order valence-corrected chi connectivity index (χ2v) is 9.61. The Kier molecular flexibility index (Phi) is 6.68. The zero-order valence-electron chi connectivity index (χ0n) is 20.1. The molecule has 1 saturated heterocycles. The topological polar surface area (TPSA) is 89.4 Å². The number of carbonyl (C=O) groups is 2. The SMILES string of the molecule is Cc1cccc(-n2ncc(C(=O)Nc3ccccn3)c2C2CCN(C(=O)OC(C)(C)C)CC2)c1. The van der Waals surface area contributed by atoms with Gasteiger partial charge < -0.3 is 15.0 Å². The number of nitrogens with zero attached hydrogens (tertiary/aromatic N) is 4. The number of benzene rings is 1. The molecule has 4 rings (SSSR count). The number of aryl methyl sites for hydroxylation is 1. The molecule has 1 aliphatic rings. The lowest BCUT2D eigenvalue weighted by Crippen LogP contribution is -2.41. The van der Waals surface area contributed by atoms with Crippen LogP contribution in [0.25, 0.3) is 5.69 Å². The van der Waals surface area contributed by atoms with Gasteiger partial charge in [0.1, 0.15) is 11.4 Å². The maximum Gasteiger partial charge on any atom is 0.410 e. The molecule has 3 aromatic rings. The summed E-state index contributed by atoms with van der Waals surface area (Å²) in [6.07, 6.45) is 4.38. The van der Waals surface area contributed by atoms with Crippen LogP contribution >= 0.6 is 0 Å². The van der Waals surface area contributed by atoms with Crippen LogP contribution in [0.4, 0.5) is 10.6 Å². The summed E-state index contributed by atoms with van der Waals surface area (Å²) in [5.74, 6) is 0.301. The van der Waals surface area contributed by atoms with E-state index in [0.717, 1.165) is 16.9 Å². The minimum Gasteiger partial charge on any atom is -0.444 e. The largest absolute Gasteiger partial charge is 0.444 e. The number of hydrogen-bond acceptors (Lipinski definition) is 5. The molecule has 1 N–H and O–H groups in total. The van der Waals surface area contributed by atoms with Crippen molar-refractivity contribution in [2.24, 2.45) is 0 Å². The number of carbonyl (C=O) groups excluding carboxylic acids is 2. The lowest BCUT2D eigenvalue weighted by Gasteiger charge is -2.34. The number of pyridine rings is 1. The van der Waals surface area contributed by atoms with E-state index in [9.17, 15) is 9.59 Å². The molecule has 1 fully saturated rings. The van der Waals surface area contributed by atoms with Crippen molar-refractivity contribution in [1.29, 1.82) is 0 Å². The first kappa shape index (κ1) is 23.5. The lowest BCUT2D eigenvalue weighted by molar-refractivity contribution is 0.0203. The Labute approximate surface area is 199 Å². The summed E-state index contributed by atoms with van der Waals surface area (Å²) in [7, 11) is 0. The summed E-state index contributed by atoms with van der Waals surface area (Å²) >= 11 is 0. The van der Waals surface area contributed by atoms with E-state index in [0.29, 0.717) is 37.3 Å². The molecule has 0 bridgehead atoms. The van der Waals surface area contributed by atoms with Gasteiger partial charge in [-0.05, 0) is 70.4 Å². The highest BCUT2D eigenvalue weighted by Gasteiger charge is 2.32. The zero-order valence-corrected chi connectivity index (χ0v) is 20.1. The average Bonchev–Trinajstić information content (AvgIpc) is 3.24. The summed E-state index contributed by atoms with van der Waals surface area (Å²) in [6, 6.07) is 13.4. The standard InChI is InChI=1S/C26H31N5O3/c1-18-8-7-9-20(16-18)31-23(19-11-14-30(15-12-19)25(33)34-26(2,3)4)21(17-28-31)24(32)29-22-10-5-6-13-27-22/h5-10,13,16-17,19H,11-12,14-15H2,1-4H3,(H,27,29,32). The molecule has 3 heterocycles. The summed E-state index contributed by atoms with van der Waals surface area (Å²) in [6.45, 7) is 8.74. The fourth-order valence-electron chi connectivity index (χ4n) is 4.17. The summed E-state index contributed by atoms with van der Waals surface area (Å²) in [5.41, 5.74) is 2.85. The molecule has 0 atom stereocenters. The molecule has 2 amide bonds. The summed E-state index contributed by atoms with van der Waals surface area (Å²) in [4.78, 5) is 31.7. The van der Waals surface area contributed by atoms with E-state index in [4.69, 9.17) is 4.74 Å². The number of anilines is 1. The first-order valence-electron chi connectivity index (χ1n) is 11.6. The maximum atomic E-state index is 13.2. The van der Waals surface area contributed by atoms with Crippen LogP contribution in [0.15, 0.2) is 54.9 Å². The van der Waals surface area contributed by atoms with Gasteiger partial charge in [-0.3, -0.25) is 4.79 Å². The van der Waals surface area contributed by atoms with Crippen LogP contribution in [0.2, 0.25) is 0 Å². The minimum atomic E-state index is -0.533. The smallest absolute Gasteiger partial charge is 0.410 e. The van der Waals surface area contributed by atoms with E-state index in [1.165, 1.54) is 0 Å². The molecular formula is C26H31N5O3. The van der Waals surface area contributed by atoms with Gasteiger partial charge in [0.2, 0.25) is 0 Å². The predicted octanol–water partition coefficient (Wildman–Crippen LogP) is 4.94. The highest BCUT2D eigenvalue weighted by Crippen LogP contribution is 2.33. The van der Waals surface area contributed by atoms with Crippen LogP contribution in [0.3, 0.4) is 0 Å². The van der Waals surface area contributed by atoms with Crippen molar-refractivity contribution in [3.8, 4) is 5.69 Å².